The van der Waals surface area contributed by atoms with Gasteiger partial charge < -0.3 is 26.0 Å². The molecule has 13 heteroatoms. The summed E-state index contributed by atoms with van der Waals surface area (Å²) in [6.45, 7) is 4.61. The van der Waals surface area contributed by atoms with Gasteiger partial charge in [-0.3, -0.25) is 20.3 Å². The molecule has 6 N–H and O–H groups in total. The third kappa shape index (κ3) is 7.52. The highest BCUT2D eigenvalue weighted by Gasteiger charge is 2.47. The predicted molar refractivity (Wildman–Crippen MR) is 144 cm³/mol. The van der Waals surface area contributed by atoms with Crippen molar-refractivity contribution in [3.05, 3.63) is 55.1 Å². The fraction of sp³-hybridized carbons (Fsp3) is 0.423. The average Bonchev–Trinajstić information content (AvgIpc) is 2.88. The summed E-state index contributed by atoms with van der Waals surface area (Å²) in [4.78, 5) is 13.6. The van der Waals surface area contributed by atoms with E-state index in [-0.39, 0.29) is 19.3 Å². The lowest BCUT2D eigenvalue weighted by Gasteiger charge is -2.40. The quantitative estimate of drug-likeness (QED) is 0.187. The minimum Gasteiger partial charge on any atom is -0.495 e. The van der Waals surface area contributed by atoms with Crippen LogP contribution in [0.4, 0.5) is 40.3 Å². The fourth-order valence-corrected chi connectivity index (χ4v) is 4.57. The molecule has 2 fully saturated rings. The smallest absolute Gasteiger partial charge is 0.396 e. The number of nitrogens with one attached hydrogen (secondary N) is 6. The van der Waals surface area contributed by atoms with E-state index in [0.29, 0.717) is 29.4 Å². The summed E-state index contributed by atoms with van der Waals surface area (Å²) in [5, 5.41) is 17.9. The zero-order chi connectivity index (χ0) is 28.0. The highest BCUT2D eigenvalue weighted by Crippen LogP contribution is 2.33. The number of hydrogen-bond acceptors (Lipinski definition) is 8. The Kier molecular flexibility index (Phi) is 9.15. The molecule has 3 unspecified atom stereocenters. The molecule has 2 aliphatic heterocycles. The van der Waals surface area contributed by atoms with E-state index >= 15 is 0 Å². The van der Waals surface area contributed by atoms with Gasteiger partial charge in [0.25, 0.3) is 0 Å². The van der Waals surface area contributed by atoms with Gasteiger partial charge in [0.15, 0.2) is 0 Å². The molecule has 2 aliphatic rings. The molecule has 1 amide bonds. The fourth-order valence-electron chi connectivity index (χ4n) is 4.57. The van der Waals surface area contributed by atoms with Crippen LogP contribution in [0.3, 0.4) is 0 Å². The van der Waals surface area contributed by atoms with Gasteiger partial charge in [-0.15, -0.1) is 0 Å². The van der Waals surface area contributed by atoms with Crippen molar-refractivity contribution in [1.82, 2.24) is 15.5 Å². The molecule has 212 valence electrons. The Morgan fingerprint density at radius 3 is 2.56 bits per heavy atom. The van der Waals surface area contributed by atoms with Gasteiger partial charge in [-0.25, -0.2) is 4.39 Å². The molecular weight excluding hydrogens is 518 g/mol. The average molecular weight is 552 g/mol. The van der Waals surface area contributed by atoms with E-state index in [1.807, 2.05) is 11.0 Å². The number of methoxy groups -OCH3 is 1. The first-order chi connectivity index (χ1) is 18.7. The Labute approximate surface area is 224 Å². The number of rotatable bonds is 11. The maximum Gasteiger partial charge on any atom is 0.396 e. The Morgan fingerprint density at radius 2 is 1.87 bits per heavy atom. The van der Waals surface area contributed by atoms with Gasteiger partial charge in [0.05, 0.1) is 25.0 Å². The van der Waals surface area contributed by atoms with Crippen molar-refractivity contribution in [3.8, 4) is 5.75 Å². The predicted octanol–water partition coefficient (Wildman–Crippen LogP) is 3.39. The lowest BCUT2D eigenvalue weighted by Crippen LogP contribution is -2.66. The molecule has 9 nitrogen and oxygen atoms in total. The normalized spacial score (nSPS) is 21.9. The largest absolute Gasteiger partial charge is 0.495 e. The molecule has 0 radical (unpaired) electrons. The number of carbonyl (C=O) groups excluding carboxylic acids is 1. The molecule has 2 aromatic carbocycles. The number of ether oxygens (including phenoxy) is 1. The van der Waals surface area contributed by atoms with Crippen LogP contribution in [0.2, 0.25) is 0 Å². The Balaban J connectivity index is 1.42. The molecule has 0 spiro atoms. The molecule has 3 atom stereocenters. The van der Waals surface area contributed by atoms with Crippen molar-refractivity contribution in [2.24, 2.45) is 5.92 Å². The number of carbonyl (C=O) groups is 1. The molecule has 0 aliphatic carbocycles. The molecular formula is C26H33F4N7O2. The maximum atomic E-state index is 13.9. The summed E-state index contributed by atoms with van der Waals surface area (Å²) >= 11 is 0. The minimum atomic E-state index is -4.47. The van der Waals surface area contributed by atoms with Crippen LogP contribution in [0.5, 0.6) is 5.75 Å². The van der Waals surface area contributed by atoms with Gasteiger partial charge in [0.1, 0.15) is 24.6 Å². The standard InChI is InChI=1S/C26H33F4N7O2/c1-3-23(38)33-16-5-4-6-17(11-16)34-24-20(26(28,29)30)13-31-25(36-24)35-21-8-7-18(12-22(21)39-2)32-19-14-37(15-19)10-9-27/h3-8,11-12,19-20,24-25,31-32,34-36H,1,9-10,13-15H2,2H3,(H,33,38). The second kappa shape index (κ2) is 12.5. The number of nitrogens with zero attached hydrogens (tertiary/aromatic N) is 1. The summed E-state index contributed by atoms with van der Waals surface area (Å²) in [6.07, 6.45) is -5.24. The molecule has 0 aromatic heterocycles. The zero-order valence-corrected chi connectivity index (χ0v) is 21.4. The van der Waals surface area contributed by atoms with Gasteiger partial charge >= 0.3 is 6.18 Å². The van der Waals surface area contributed by atoms with E-state index in [2.05, 4.69) is 38.5 Å². The number of alkyl halides is 4. The van der Waals surface area contributed by atoms with Crippen LogP contribution in [0.1, 0.15) is 0 Å². The molecule has 4 rings (SSSR count). The monoisotopic (exact) mass is 551 g/mol. The van der Waals surface area contributed by atoms with Gasteiger partial charge in [-0.05, 0) is 36.4 Å². The second-order valence-corrected chi connectivity index (χ2v) is 9.40. The highest BCUT2D eigenvalue weighted by atomic mass is 19.4. The Hall–Kier alpha value is -3.55. The van der Waals surface area contributed by atoms with Gasteiger partial charge in [0.2, 0.25) is 5.91 Å². The van der Waals surface area contributed by atoms with Gasteiger partial charge in [-0.2, -0.15) is 13.2 Å². The Bertz CT molecular complexity index is 1140. The summed E-state index contributed by atoms with van der Waals surface area (Å²) in [5.41, 5.74) is 2.23. The van der Waals surface area contributed by atoms with E-state index in [4.69, 9.17) is 4.74 Å². The van der Waals surface area contributed by atoms with Crippen LogP contribution in [0, 0.1) is 5.92 Å². The SMILES string of the molecule is C=CC(=O)Nc1cccc(NC2NC(Nc3ccc(NC4CN(CCF)C4)cc3OC)NCC2C(F)(F)F)c1. The number of halogens is 4. The lowest BCUT2D eigenvalue weighted by molar-refractivity contribution is -0.184. The topological polar surface area (TPSA) is 102 Å². The first kappa shape index (κ1) is 28.5. The number of likely N-dealkylation sites (tertiary alicyclic amines) is 1. The van der Waals surface area contributed by atoms with Crippen molar-refractivity contribution in [2.75, 3.05) is 61.2 Å². The van der Waals surface area contributed by atoms with E-state index in [1.165, 1.54) is 7.11 Å². The van der Waals surface area contributed by atoms with E-state index in [1.54, 1.807) is 36.4 Å². The summed E-state index contributed by atoms with van der Waals surface area (Å²) in [5.74, 6) is -1.64. The van der Waals surface area contributed by atoms with Crippen molar-refractivity contribution in [1.29, 1.82) is 0 Å². The minimum absolute atomic E-state index is 0.205. The van der Waals surface area contributed by atoms with E-state index < -0.39 is 30.5 Å². The van der Waals surface area contributed by atoms with Crippen molar-refractivity contribution in [2.45, 2.75) is 24.7 Å². The number of anilines is 4. The van der Waals surface area contributed by atoms with Crippen LogP contribution >= 0.6 is 0 Å². The Morgan fingerprint density at radius 1 is 1.13 bits per heavy atom. The van der Waals surface area contributed by atoms with Crippen molar-refractivity contribution in [3.63, 3.8) is 0 Å². The van der Waals surface area contributed by atoms with Gasteiger partial charge in [0, 0.05) is 49.3 Å². The summed E-state index contributed by atoms with van der Waals surface area (Å²) in [6, 6.07) is 12.1. The van der Waals surface area contributed by atoms with Crippen LogP contribution in [0.25, 0.3) is 0 Å². The zero-order valence-electron chi connectivity index (χ0n) is 21.4. The molecule has 2 aromatic rings. The second-order valence-electron chi connectivity index (χ2n) is 9.40. The first-order valence-electron chi connectivity index (χ1n) is 12.5. The molecule has 0 bridgehead atoms. The van der Waals surface area contributed by atoms with E-state index in [0.717, 1.165) is 24.9 Å². The highest BCUT2D eigenvalue weighted by molar-refractivity contribution is 5.99. The first-order valence-corrected chi connectivity index (χ1v) is 12.5. The third-order valence-corrected chi connectivity index (χ3v) is 6.58. The lowest BCUT2D eigenvalue weighted by atomic mass is 10.0. The molecule has 39 heavy (non-hydrogen) atoms. The number of amides is 1. The van der Waals surface area contributed by atoms with Crippen molar-refractivity contribution < 1.29 is 27.1 Å². The van der Waals surface area contributed by atoms with Crippen LogP contribution in [0.15, 0.2) is 55.1 Å². The maximum absolute atomic E-state index is 13.9. The molecule has 0 saturated carbocycles. The number of hydrogen-bond donors (Lipinski definition) is 6. The third-order valence-electron chi connectivity index (χ3n) is 6.58. The summed E-state index contributed by atoms with van der Waals surface area (Å²) in [7, 11) is 1.51. The van der Waals surface area contributed by atoms with Crippen LogP contribution in [-0.4, -0.2) is 75.4 Å². The molecule has 2 heterocycles. The van der Waals surface area contributed by atoms with Crippen molar-refractivity contribution >= 4 is 28.7 Å². The van der Waals surface area contributed by atoms with E-state index in [9.17, 15) is 22.4 Å². The summed E-state index contributed by atoms with van der Waals surface area (Å²) < 4.78 is 59.6. The van der Waals surface area contributed by atoms with Crippen LogP contribution in [-0.2, 0) is 4.79 Å². The van der Waals surface area contributed by atoms with Crippen LogP contribution < -0.4 is 36.6 Å². The van der Waals surface area contributed by atoms with Gasteiger partial charge in [-0.1, -0.05) is 12.6 Å². The number of benzene rings is 2. The molecule has 2 saturated heterocycles.